The molecule has 0 atom stereocenters. The Kier molecular flexibility index (Phi) is 5.09. The van der Waals surface area contributed by atoms with Gasteiger partial charge in [0.2, 0.25) is 0 Å². The van der Waals surface area contributed by atoms with Crippen LogP contribution in [-0.4, -0.2) is 26.9 Å². The van der Waals surface area contributed by atoms with Gasteiger partial charge < -0.3 is 0 Å². The molecule has 1 aliphatic carbocycles. The van der Waals surface area contributed by atoms with Crippen molar-refractivity contribution < 1.29 is 4.79 Å². The van der Waals surface area contributed by atoms with Crippen LogP contribution in [0.15, 0.2) is 9.59 Å². The average molecular weight is 296 g/mol. The normalized spacial score (nSPS) is 16.2. The van der Waals surface area contributed by atoms with Gasteiger partial charge in [-0.1, -0.05) is 25.7 Å². The molecule has 1 aromatic heterocycles. The zero-order valence-corrected chi connectivity index (χ0v) is 11.9. The van der Waals surface area contributed by atoms with Crippen LogP contribution in [0.1, 0.15) is 44.2 Å². The number of hydrogen-bond donors (Lipinski definition) is 4. The molecule has 0 unspecified atom stereocenters. The first-order chi connectivity index (χ1) is 10.1. The lowest BCUT2D eigenvalue weighted by Crippen LogP contribution is -2.52. The Balaban J connectivity index is 1.91. The van der Waals surface area contributed by atoms with Crippen molar-refractivity contribution in [3.63, 3.8) is 0 Å². The lowest BCUT2D eigenvalue weighted by Gasteiger charge is -2.17. The van der Waals surface area contributed by atoms with E-state index in [4.69, 9.17) is 0 Å². The Morgan fingerprint density at radius 3 is 2.57 bits per heavy atom. The number of amides is 2. The summed E-state index contributed by atoms with van der Waals surface area (Å²) in [5.41, 5.74) is 6.21. The van der Waals surface area contributed by atoms with Crippen LogP contribution < -0.4 is 27.5 Å². The van der Waals surface area contributed by atoms with Crippen molar-refractivity contribution in [2.45, 2.75) is 51.5 Å². The van der Waals surface area contributed by atoms with Gasteiger partial charge >= 0.3 is 11.7 Å². The lowest BCUT2D eigenvalue weighted by atomic mass is 10.1. The summed E-state index contributed by atoms with van der Waals surface area (Å²) in [6.07, 6.45) is 6.68. The SMILES string of the molecule is Cc1n[nH]c(=O)n(NC(=O)NNC2CCCCCC2)c1=O. The third kappa shape index (κ3) is 4.15. The quantitative estimate of drug-likeness (QED) is 0.451. The standard InChI is InChI=1S/C12H20N6O3/c1-8-10(19)18(12(21)16-13-8)17-11(20)15-14-9-6-4-2-3-5-7-9/h9,14H,2-7H2,1H3,(H,16,21)(H2,15,17,20). The molecular weight excluding hydrogens is 276 g/mol. The van der Waals surface area contributed by atoms with E-state index in [0.717, 1.165) is 25.7 Å². The molecule has 0 radical (unpaired) electrons. The maximum absolute atomic E-state index is 11.7. The van der Waals surface area contributed by atoms with E-state index in [2.05, 4.69) is 26.5 Å². The van der Waals surface area contributed by atoms with Gasteiger partial charge in [-0.2, -0.15) is 9.77 Å². The predicted molar refractivity (Wildman–Crippen MR) is 76.4 cm³/mol. The van der Waals surface area contributed by atoms with Crippen LogP contribution in [0, 0.1) is 6.92 Å². The summed E-state index contributed by atoms with van der Waals surface area (Å²) in [6.45, 7) is 1.44. The zero-order chi connectivity index (χ0) is 15.2. The van der Waals surface area contributed by atoms with E-state index in [1.165, 1.54) is 19.8 Å². The predicted octanol–water partition coefficient (Wildman–Crippen LogP) is -0.279. The maximum Gasteiger partial charge on any atom is 0.364 e. The molecule has 2 rings (SSSR count). The highest BCUT2D eigenvalue weighted by atomic mass is 16.2. The number of aromatic nitrogens is 3. The van der Waals surface area contributed by atoms with Crippen molar-refractivity contribution in [3.8, 4) is 0 Å². The van der Waals surface area contributed by atoms with Crippen LogP contribution in [0.5, 0.6) is 0 Å². The molecule has 1 heterocycles. The Morgan fingerprint density at radius 2 is 1.90 bits per heavy atom. The molecule has 1 aromatic rings. The van der Waals surface area contributed by atoms with E-state index < -0.39 is 17.3 Å². The number of carbonyl (C=O) groups is 1. The average Bonchev–Trinajstić information content (AvgIpc) is 2.74. The second-order valence-corrected chi connectivity index (χ2v) is 5.15. The second-order valence-electron chi connectivity index (χ2n) is 5.15. The van der Waals surface area contributed by atoms with Crippen LogP contribution in [-0.2, 0) is 0 Å². The van der Waals surface area contributed by atoms with Gasteiger partial charge in [-0.3, -0.25) is 10.2 Å². The van der Waals surface area contributed by atoms with Crippen LogP contribution in [0.2, 0.25) is 0 Å². The topological polar surface area (TPSA) is 121 Å². The fourth-order valence-corrected chi connectivity index (χ4v) is 2.31. The van der Waals surface area contributed by atoms with Crippen molar-refractivity contribution in [3.05, 3.63) is 26.5 Å². The zero-order valence-electron chi connectivity index (χ0n) is 11.9. The smallest absolute Gasteiger partial charge is 0.272 e. The van der Waals surface area contributed by atoms with Crippen molar-refractivity contribution >= 4 is 6.03 Å². The third-order valence-corrected chi connectivity index (χ3v) is 3.49. The molecule has 0 aromatic carbocycles. The molecule has 21 heavy (non-hydrogen) atoms. The summed E-state index contributed by atoms with van der Waals surface area (Å²) < 4.78 is 0.590. The highest BCUT2D eigenvalue weighted by Gasteiger charge is 2.13. The van der Waals surface area contributed by atoms with E-state index in [-0.39, 0.29) is 11.7 Å². The molecule has 0 bridgehead atoms. The van der Waals surface area contributed by atoms with E-state index in [1.807, 2.05) is 0 Å². The van der Waals surface area contributed by atoms with Gasteiger partial charge in [0.1, 0.15) is 5.69 Å². The molecule has 1 saturated carbocycles. The molecular formula is C12H20N6O3. The summed E-state index contributed by atoms with van der Waals surface area (Å²) in [5, 5.41) is 5.64. The van der Waals surface area contributed by atoms with Gasteiger partial charge in [0.25, 0.3) is 5.56 Å². The van der Waals surface area contributed by atoms with Crippen molar-refractivity contribution in [2.75, 3.05) is 5.43 Å². The monoisotopic (exact) mass is 296 g/mol. The second kappa shape index (κ2) is 7.02. The number of aryl methyl sites for hydroxylation is 1. The molecule has 1 fully saturated rings. The van der Waals surface area contributed by atoms with E-state index in [0.29, 0.717) is 4.68 Å². The molecule has 9 nitrogen and oxygen atoms in total. The van der Waals surface area contributed by atoms with Crippen LogP contribution in [0.3, 0.4) is 0 Å². The Morgan fingerprint density at radius 1 is 1.24 bits per heavy atom. The first-order valence-electron chi connectivity index (χ1n) is 7.09. The Bertz CT molecular complexity index is 600. The molecule has 9 heteroatoms. The Labute approximate surface area is 121 Å². The van der Waals surface area contributed by atoms with Crippen LogP contribution >= 0.6 is 0 Å². The molecule has 2 amide bonds. The maximum atomic E-state index is 11.7. The van der Waals surface area contributed by atoms with Crippen LogP contribution in [0.25, 0.3) is 0 Å². The number of H-pyrrole nitrogens is 1. The minimum Gasteiger partial charge on any atom is -0.272 e. The van der Waals surface area contributed by atoms with E-state index in [1.54, 1.807) is 0 Å². The molecule has 0 aliphatic heterocycles. The number of nitrogens with one attached hydrogen (secondary N) is 4. The van der Waals surface area contributed by atoms with Gasteiger partial charge in [0.15, 0.2) is 0 Å². The van der Waals surface area contributed by atoms with Gasteiger partial charge in [-0.25, -0.2) is 25.5 Å². The fraction of sp³-hybridized carbons (Fsp3) is 0.667. The first-order valence-corrected chi connectivity index (χ1v) is 7.09. The largest absolute Gasteiger partial charge is 0.364 e. The molecule has 1 aliphatic rings. The van der Waals surface area contributed by atoms with Gasteiger partial charge in [-0.15, -0.1) is 0 Å². The lowest BCUT2D eigenvalue weighted by molar-refractivity contribution is 0.241. The molecule has 116 valence electrons. The van der Waals surface area contributed by atoms with Crippen molar-refractivity contribution in [2.24, 2.45) is 0 Å². The third-order valence-electron chi connectivity index (χ3n) is 3.49. The van der Waals surface area contributed by atoms with Crippen molar-refractivity contribution in [1.29, 1.82) is 0 Å². The van der Waals surface area contributed by atoms with Gasteiger partial charge in [0.05, 0.1) is 0 Å². The number of hydrazine groups is 1. The molecule has 4 N–H and O–H groups in total. The highest BCUT2D eigenvalue weighted by molar-refractivity contribution is 5.81. The summed E-state index contributed by atoms with van der Waals surface area (Å²) in [7, 11) is 0. The Hall–Kier alpha value is -2.16. The van der Waals surface area contributed by atoms with Gasteiger partial charge in [-0.05, 0) is 19.8 Å². The fourth-order valence-electron chi connectivity index (χ4n) is 2.31. The summed E-state index contributed by atoms with van der Waals surface area (Å²) in [6, 6.07) is -0.454. The van der Waals surface area contributed by atoms with E-state index in [9.17, 15) is 14.4 Å². The molecule has 0 saturated heterocycles. The van der Waals surface area contributed by atoms with Gasteiger partial charge in [0, 0.05) is 6.04 Å². The summed E-state index contributed by atoms with van der Waals surface area (Å²) in [5.74, 6) is 0. The number of hydrogen-bond acceptors (Lipinski definition) is 5. The van der Waals surface area contributed by atoms with E-state index >= 15 is 0 Å². The number of urea groups is 1. The summed E-state index contributed by atoms with van der Waals surface area (Å²) in [4.78, 5) is 34.9. The van der Waals surface area contributed by atoms with Crippen molar-refractivity contribution in [1.82, 2.24) is 25.7 Å². The minimum absolute atomic E-state index is 0.0895. The number of carbonyl (C=O) groups excluding carboxylic acids is 1. The minimum atomic E-state index is -0.796. The number of rotatable bonds is 3. The first kappa shape index (κ1) is 15.2. The molecule has 0 spiro atoms. The number of aromatic amines is 1. The highest BCUT2D eigenvalue weighted by Crippen LogP contribution is 2.16. The van der Waals surface area contributed by atoms with Crippen LogP contribution in [0.4, 0.5) is 4.79 Å². The summed E-state index contributed by atoms with van der Waals surface area (Å²) >= 11 is 0. The number of nitrogens with zero attached hydrogens (tertiary/aromatic N) is 2.